The van der Waals surface area contributed by atoms with Crippen molar-refractivity contribution in [2.24, 2.45) is 0 Å². The van der Waals surface area contributed by atoms with Crippen LogP contribution in [-0.4, -0.2) is 5.11 Å². The van der Waals surface area contributed by atoms with E-state index in [2.05, 4.69) is 0 Å². The summed E-state index contributed by atoms with van der Waals surface area (Å²) < 4.78 is 39.1. The van der Waals surface area contributed by atoms with Crippen LogP contribution in [0, 0.1) is 0 Å². The molecule has 2 aromatic rings. The zero-order valence-corrected chi connectivity index (χ0v) is 11.2. The van der Waals surface area contributed by atoms with Gasteiger partial charge in [-0.2, -0.15) is 13.2 Å². The molecule has 0 spiro atoms. The second kappa shape index (κ2) is 5.07. The van der Waals surface area contributed by atoms with Crippen LogP contribution in [0.25, 0.3) is 0 Å². The fraction of sp³-hybridized carbons (Fsp3) is 0.250. The van der Waals surface area contributed by atoms with Gasteiger partial charge in [-0.15, -0.1) is 0 Å². The lowest BCUT2D eigenvalue weighted by atomic mass is 10.1. The Bertz CT molecular complexity index is 642. The van der Waals surface area contributed by atoms with Crippen LogP contribution in [0.2, 0.25) is 0 Å². The van der Waals surface area contributed by atoms with Gasteiger partial charge < -0.3 is 10.0 Å². The lowest BCUT2D eigenvalue weighted by Crippen LogP contribution is -2.17. The van der Waals surface area contributed by atoms with E-state index in [1.807, 2.05) is 29.2 Å². The third kappa shape index (κ3) is 2.61. The molecule has 1 N–H and O–H groups in total. The minimum atomic E-state index is -4.46. The average molecular weight is 293 g/mol. The molecule has 0 radical (unpaired) electrons. The van der Waals surface area contributed by atoms with Gasteiger partial charge in [0.25, 0.3) is 0 Å². The Kier molecular flexibility index (Phi) is 3.37. The summed E-state index contributed by atoms with van der Waals surface area (Å²) in [5.41, 5.74) is 1.94. The van der Waals surface area contributed by atoms with Crippen molar-refractivity contribution in [2.75, 3.05) is 4.90 Å². The van der Waals surface area contributed by atoms with Crippen LogP contribution in [0.15, 0.2) is 42.5 Å². The molecule has 0 fully saturated rings. The minimum Gasteiger partial charge on any atom is -0.392 e. The highest BCUT2D eigenvalue weighted by Gasteiger charge is 2.34. The van der Waals surface area contributed by atoms with Crippen LogP contribution in [-0.2, 0) is 25.9 Å². The summed E-state index contributed by atoms with van der Waals surface area (Å²) in [7, 11) is 0. The number of halogens is 3. The van der Waals surface area contributed by atoms with Crippen molar-refractivity contribution in [3.05, 3.63) is 64.7 Å². The molecule has 21 heavy (non-hydrogen) atoms. The largest absolute Gasteiger partial charge is 0.416 e. The van der Waals surface area contributed by atoms with Crippen LogP contribution in [0.1, 0.15) is 22.3 Å². The maximum atomic E-state index is 13.0. The number of alkyl halides is 3. The molecule has 0 amide bonds. The lowest BCUT2D eigenvalue weighted by molar-refractivity contribution is -0.138. The van der Waals surface area contributed by atoms with Crippen LogP contribution in [0.5, 0.6) is 0 Å². The number of fused-ring (bicyclic) bond motifs is 1. The van der Waals surface area contributed by atoms with Crippen molar-refractivity contribution in [3.8, 4) is 0 Å². The number of hydrogen-bond donors (Lipinski definition) is 1. The summed E-state index contributed by atoms with van der Waals surface area (Å²) in [6.07, 6.45) is -4.46. The first-order chi connectivity index (χ1) is 9.99. The van der Waals surface area contributed by atoms with E-state index in [9.17, 15) is 13.2 Å². The summed E-state index contributed by atoms with van der Waals surface area (Å²) in [4.78, 5) is 1.90. The maximum Gasteiger partial charge on any atom is 0.416 e. The second-order valence-electron chi connectivity index (χ2n) is 5.12. The fourth-order valence-electron chi connectivity index (χ4n) is 2.68. The van der Waals surface area contributed by atoms with Gasteiger partial charge in [-0.25, -0.2) is 0 Å². The van der Waals surface area contributed by atoms with Crippen molar-refractivity contribution in [3.63, 3.8) is 0 Å². The number of benzene rings is 2. The predicted octanol–water partition coefficient (Wildman–Crippen LogP) is 3.72. The van der Waals surface area contributed by atoms with Gasteiger partial charge in [0.05, 0.1) is 12.2 Å². The molecule has 0 unspecified atom stereocenters. The highest BCUT2D eigenvalue weighted by molar-refractivity contribution is 5.55. The van der Waals surface area contributed by atoms with E-state index in [4.69, 9.17) is 5.11 Å². The van der Waals surface area contributed by atoms with Crippen molar-refractivity contribution in [1.82, 2.24) is 0 Å². The van der Waals surface area contributed by atoms with Gasteiger partial charge >= 0.3 is 6.18 Å². The van der Waals surface area contributed by atoms with Gasteiger partial charge in [0.15, 0.2) is 0 Å². The molecular weight excluding hydrogens is 279 g/mol. The van der Waals surface area contributed by atoms with Crippen LogP contribution >= 0.6 is 0 Å². The smallest absolute Gasteiger partial charge is 0.392 e. The molecule has 5 heteroatoms. The maximum absolute atomic E-state index is 13.0. The molecule has 110 valence electrons. The van der Waals surface area contributed by atoms with E-state index >= 15 is 0 Å². The Morgan fingerprint density at radius 2 is 1.62 bits per heavy atom. The van der Waals surface area contributed by atoms with Crippen molar-refractivity contribution in [1.29, 1.82) is 0 Å². The predicted molar refractivity (Wildman–Crippen MR) is 73.7 cm³/mol. The minimum absolute atomic E-state index is 0.0945. The summed E-state index contributed by atoms with van der Waals surface area (Å²) in [6.45, 7) is 0.591. The monoisotopic (exact) mass is 293 g/mol. The number of aliphatic hydroxyl groups excluding tert-OH is 1. The molecule has 0 atom stereocenters. The van der Waals surface area contributed by atoms with E-state index in [0.29, 0.717) is 18.8 Å². The molecule has 1 aliphatic rings. The van der Waals surface area contributed by atoms with Crippen molar-refractivity contribution in [2.45, 2.75) is 25.9 Å². The van der Waals surface area contributed by atoms with Crippen LogP contribution < -0.4 is 4.90 Å². The second-order valence-corrected chi connectivity index (χ2v) is 5.12. The Morgan fingerprint density at radius 3 is 2.14 bits per heavy atom. The number of nitrogens with zero attached hydrogens (tertiary/aromatic N) is 1. The van der Waals surface area contributed by atoms with Gasteiger partial charge in [-0.1, -0.05) is 30.3 Å². The van der Waals surface area contributed by atoms with E-state index in [1.165, 1.54) is 6.07 Å². The van der Waals surface area contributed by atoms with E-state index in [-0.39, 0.29) is 5.56 Å². The van der Waals surface area contributed by atoms with Crippen molar-refractivity contribution >= 4 is 5.69 Å². The Morgan fingerprint density at radius 1 is 1.00 bits per heavy atom. The molecule has 0 aliphatic carbocycles. The van der Waals surface area contributed by atoms with E-state index < -0.39 is 18.3 Å². The fourth-order valence-corrected chi connectivity index (χ4v) is 2.68. The Hall–Kier alpha value is -2.01. The number of aliphatic hydroxyl groups is 1. The molecule has 0 saturated heterocycles. The Balaban J connectivity index is 1.95. The lowest BCUT2D eigenvalue weighted by Gasteiger charge is -2.20. The molecular formula is C16H14F3NO. The summed E-state index contributed by atoms with van der Waals surface area (Å²) in [5.74, 6) is 0. The van der Waals surface area contributed by atoms with Gasteiger partial charge in [-0.05, 0) is 28.8 Å². The highest BCUT2D eigenvalue weighted by atomic mass is 19.4. The average Bonchev–Trinajstić information content (AvgIpc) is 2.89. The summed E-state index contributed by atoms with van der Waals surface area (Å²) in [6, 6.07) is 11.9. The zero-order valence-electron chi connectivity index (χ0n) is 11.2. The topological polar surface area (TPSA) is 23.5 Å². The SMILES string of the molecule is OCc1ccc(N2Cc3ccccc3C2)cc1C(F)(F)F. The van der Waals surface area contributed by atoms with Gasteiger partial charge in [0.1, 0.15) is 0 Å². The standard InChI is InChI=1S/C16H14F3NO/c17-16(18,19)15-7-14(6-5-13(15)10-21)20-8-11-3-1-2-4-12(11)9-20/h1-7,21H,8-10H2. The quantitative estimate of drug-likeness (QED) is 0.912. The number of hydrogen-bond acceptors (Lipinski definition) is 2. The molecule has 3 rings (SSSR count). The summed E-state index contributed by atoms with van der Waals surface area (Å²) >= 11 is 0. The van der Waals surface area contributed by atoms with Crippen LogP contribution in [0.3, 0.4) is 0 Å². The molecule has 0 aromatic heterocycles. The summed E-state index contributed by atoms with van der Waals surface area (Å²) in [5, 5.41) is 9.07. The molecule has 0 bridgehead atoms. The molecule has 2 aromatic carbocycles. The number of rotatable bonds is 2. The molecule has 0 saturated carbocycles. The Labute approximate surface area is 120 Å². The van der Waals surface area contributed by atoms with Crippen molar-refractivity contribution < 1.29 is 18.3 Å². The molecule has 2 nitrogen and oxygen atoms in total. The van der Waals surface area contributed by atoms with Crippen LogP contribution in [0.4, 0.5) is 18.9 Å². The first-order valence-electron chi connectivity index (χ1n) is 6.62. The molecule has 1 heterocycles. The van der Waals surface area contributed by atoms with Gasteiger partial charge in [-0.3, -0.25) is 0 Å². The number of anilines is 1. The third-order valence-corrected chi connectivity index (χ3v) is 3.78. The zero-order chi connectivity index (χ0) is 15.0. The normalized spacial score (nSPS) is 14.4. The molecule has 1 aliphatic heterocycles. The van der Waals surface area contributed by atoms with E-state index in [1.54, 1.807) is 6.07 Å². The highest BCUT2D eigenvalue weighted by Crippen LogP contribution is 2.36. The third-order valence-electron chi connectivity index (χ3n) is 3.78. The van der Waals surface area contributed by atoms with E-state index in [0.717, 1.165) is 17.2 Å². The first-order valence-corrected chi connectivity index (χ1v) is 6.62. The van der Waals surface area contributed by atoms with Gasteiger partial charge in [0, 0.05) is 18.8 Å². The van der Waals surface area contributed by atoms with Gasteiger partial charge in [0.2, 0.25) is 0 Å². The first kappa shape index (κ1) is 13.9.